The van der Waals surface area contributed by atoms with Crippen molar-refractivity contribution in [2.75, 3.05) is 17.2 Å². The summed E-state index contributed by atoms with van der Waals surface area (Å²) >= 11 is 3.43. The van der Waals surface area contributed by atoms with E-state index in [4.69, 9.17) is 0 Å². The van der Waals surface area contributed by atoms with Crippen LogP contribution >= 0.6 is 15.9 Å². The van der Waals surface area contributed by atoms with Gasteiger partial charge in [0.2, 0.25) is 5.91 Å². The predicted molar refractivity (Wildman–Crippen MR) is 87.5 cm³/mol. The summed E-state index contributed by atoms with van der Waals surface area (Å²) in [7, 11) is 0. The number of nitrogens with zero attached hydrogens (tertiary/aromatic N) is 2. The highest BCUT2D eigenvalue weighted by atomic mass is 79.9. The Morgan fingerprint density at radius 2 is 2.05 bits per heavy atom. The number of halogens is 1. The molecule has 5 nitrogen and oxygen atoms in total. The van der Waals surface area contributed by atoms with Crippen molar-refractivity contribution >= 4 is 33.3 Å². The predicted octanol–water partition coefficient (Wildman–Crippen LogP) is 3.21. The molecule has 0 atom stereocenters. The molecule has 110 valence electrons. The normalized spacial score (nSPS) is 10.3. The molecule has 21 heavy (non-hydrogen) atoms. The summed E-state index contributed by atoms with van der Waals surface area (Å²) < 4.78 is 1.02. The first-order valence-electron chi connectivity index (χ1n) is 6.56. The van der Waals surface area contributed by atoms with Crippen molar-refractivity contribution in [2.45, 2.75) is 20.8 Å². The summed E-state index contributed by atoms with van der Waals surface area (Å²) in [5.74, 6) is 0.511. The minimum absolute atomic E-state index is 0.126. The smallest absolute Gasteiger partial charge is 0.243 e. The fourth-order valence-corrected chi connectivity index (χ4v) is 2.04. The Morgan fingerprint density at radius 1 is 1.29 bits per heavy atom. The number of aromatic nitrogens is 2. The summed E-state index contributed by atoms with van der Waals surface area (Å²) in [6, 6.07) is 5.68. The lowest BCUT2D eigenvalue weighted by atomic mass is 10.2. The van der Waals surface area contributed by atoms with Crippen LogP contribution in [0.2, 0.25) is 0 Å². The number of hydrogen-bond donors (Lipinski definition) is 2. The van der Waals surface area contributed by atoms with Crippen molar-refractivity contribution < 1.29 is 4.79 Å². The molecule has 2 aromatic rings. The van der Waals surface area contributed by atoms with E-state index in [1.54, 1.807) is 6.20 Å². The van der Waals surface area contributed by atoms with Gasteiger partial charge in [0.1, 0.15) is 5.82 Å². The van der Waals surface area contributed by atoms with Gasteiger partial charge in [-0.15, -0.1) is 0 Å². The third-order valence-electron chi connectivity index (χ3n) is 2.93. The molecule has 0 unspecified atom stereocenters. The number of nitrogens with one attached hydrogen (secondary N) is 2. The number of hydrogen-bond acceptors (Lipinski definition) is 4. The van der Waals surface area contributed by atoms with Gasteiger partial charge in [-0.3, -0.25) is 9.78 Å². The molecule has 0 bridgehead atoms. The molecule has 0 saturated heterocycles. The highest BCUT2D eigenvalue weighted by Crippen LogP contribution is 2.19. The summed E-state index contributed by atoms with van der Waals surface area (Å²) in [5, 5.41) is 5.85. The summed E-state index contributed by atoms with van der Waals surface area (Å²) in [4.78, 5) is 20.5. The largest absolute Gasteiger partial charge is 0.359 e. The van der Waals surface area contributed by atoms with Crippen molar-refractivity contribution in [3.8, 4) is 0 Å². The Bertz CT molecular complexity index is 673. The minimum Gasteiger partial charge on any atom is -0.359 e. The second kappa shape index (κ2) is 6.67. The fourth-order valence-electron chi connectivity index (χ4n) is 1.80. The molecular weight excluding hydrogens is 332 g/mol. The number of carbonyl (C=O) groups excluding carboxylic acids is 1. The third kappa shape index (κ3) is 4.26. The van der Waals surface area contributed by atoms with Crippen LogP contribution in [0.15, 0.2) is 28.9 Å². The van der Waals surface area contributed by atoms with Crippen LogP contribution in [0, 0.1) is 20.8 Å². The fraction of sp³-hybridized carbons (Fsp3) is 0.267. The molecule has 0 radical (unpaired) electrons. The van der Waals surface area contributed by atoms with Gasteiger partial charge >= 0.3 is 0 Å². The SMILES string of the molecule is Cc1cnc(C)c(NCC(=O)Nc2ccc(Br)c(C)c2)n1. The molecule has 0 aliphatic carbocycles. The Kier molecular flexibility index (Phi) is 4.90. The van der Waals surface area contributed by atoms with E-state index in [9.17, 15) is 4.79 Å². The summed E-state index contributed by atoms with van der Waals surface area (Å²) in [6.45, 7) is 5.84. The topological polar surface area (TPSA) is 66.9 Å². The van der Waals surface area contributed by atoms with Crippen LogP contribution in [-0.4, -0.2) is 22.4 Å². The molecule has 1 amide bonds. The van der Waals surface area contributed by atoms with Crippen LogP contribution in [-0.2, 0) is 4.79 Å². The monoisotopic (exact) mass is 348 g/mol. The first kappa shape index (κ1) is 15.4. The van der Waals surface area contributed by atoms with Gasteiger partial charge in [0.25, 0.3) is 0 Å². The number of aryl methyl sites for hydroxylation is 3. The van der Waals surface area contributed by atoms with Gasteiger partial charge in [0.05, 0.1) is 17.9 Å². The van der Waals surface area contributed by atoms with Gasteiger partial charge in [0.15, 0.2) is 0 Å². The standard InChI is InChI=1S/C15H17BrN4O/c1-9-6-12(4-5-13(9)16)20-14(21)8-18-15-11(3)17-7-10(2)19-15/h4-7H,8H2,1-3H3,(H,18,19)(H,20,21). The Morgan fingerprint density at radius 3 is 2.76 bits per heavy atom. The molecule has 1 aromatic carbocycles. The van der Waals surface area contributed by atoms with Gasteiger partial charge in [-0.2, -0.15) is 0 Å². The van der Waals surface area contributed by atoms with Crippen molar-refractivity contribution in [3.63, 3.8) is 0 Å². The number of rotatable bonds is 4. The van der Waals surface area contributed by atoms with Crippen LogP contribution in [0.5, 0.6) is 0 Å². The zero-order chi connectivity index (χ0) is 15.4. The molecule has 0 spiro atoms. The van der Waals surface area contributed by atoms with Crippen LogP contribution in [0.4, 0.5) is 11.5 Å². The van der Waals surface area contributed by atoms with E-state index in [0.717, 1.165) is 27.1 Å². The number of benzene rings is 1. The maximum Gasteiger partial charge on any atom is 0.243 e. The molecule has 1 aromatic heterocycles. The first-order valence-corrected chi connectivity index (χ1v) is 7.35. The number of anilines is 2. The molecule has 2 N–H and O–H groups in total. The zero-order valence-electron chi connectivity index (χ0n) is 12.2. The Labute approximate surface area is 132 Å². The Hall–Kier alpha value is -1.95. The second-order valence-electron chi connectivity index (χ2n) is 4.81. The number of amides is 1. The highest BCUT2D eigenvalue weighted by Gasteiger charge is 2.06. The molecule has 6 heteroatoms. The van der Waals surface area contributed by atoms with Gasteiger partial charge in [0, 0.05) is 16.4 Å². The summed E-state index contributed by atoms with van der Waals surface area (Å²) in [6.07, 6.45) is 1.70. The van der Waals surface area contributed by atoms with Crippen LogP contribution in [0.25, 0.3) is 0 Å². The molecule has 0 aliphatic rings. The van der Waals surface area contributed by atoms with Crippen LogP contribution in [0.1, 0.15) is 17.0 Å². The molecule has 1 heterocycles. The maximum absolute atomic E-state index is 11.9. The number of carbonyl (C=O) groups is 1. The quantitative estimate of drug-likeness (QED) is 0.890. The molecular formula is C15H17BrN4O. The molecule has 0 saturated carbocycles. The van der Waals surface area contributed by atoms with Crippen LogP contribution in [0.3, 0.4) is 0 Å². The minimum atomic E-state index is -0.126. The van der Waals surface area contributed by atoms with Gasteiger partial charge in [-0.05, 0) is 44.5 Å². The van der Waals surface area contributed by atoms with E-state index in [-0.39, 0.29) is 12.5 Å². The maximum atomic E-state index is 11.9. The third-order valence-corrected chi connectivity index (χ3v) is 3.82. The van der Waals surface area contributed by atoms with E-state index in [1.165, 1.54) is 0 Å². The van der Waals surface area contributed by atoms with Gasteiger partial charge in [-0.25, -0.2) is 4.98 Å². The van der Waals surface area contributed by atoms with Gasteiger partial charge < -0.3 is 10.6 Å². The highest BCUT2D eigenvalue weighted by molar-refractivity contribution is 9.10. The van der Waals surface area contributed by atoms with E-state index in [1.807, 2.05) is 39.0 Å². The van der Waals surface area contributed by atoms with Crippen molar-refractivity contribution in [3.05, 3.63) is 45.8 Å². The van der Waals surface area contributed by atoms with Crippen molar-refractivity contribution in [1.29, 1.82) is 0 Å². The zero-order valence-corrected chi connectivity index (χ0v) is 13.8. The van der Waals surface area contributed by atoms with Crippen molar-refractivity contribution in [2.24, 2.45) is 0 Å². The van der Waals surface area contributed by atoms with E-state index in [0.29, 0.717) is 5.82 Å². The lowest BCUT2D eigenvalue weighted by Crippen LogP contribution is -2.22. The lowest BCUT2D eigenvalue weighted by Gasteiger charge is -2.10. The van der Waals surface area contributed by atoms with E-state index < -0.39 is 0 Å². The average molecular weight is 349 g/mol. The summed E-state index contributed by atoms with van der Waals surface area (Å²) in [5.41, 5.74) is 3.43. The lowest BCUT2D eigenvalue weighted by molar-refractivity contribution is -0.114. The molecule has 0 aliphatic heterocycles. The van der Waals surface area contributed by atoms with E-state index in [2.05, 4.69) is 36.5 Å². The molecule has 2 rings (SSSR count). The second-order valence-corrected chi connectivity index (χ2v) is 5.67. The first-order chi connectivity index (χ1) is 9.95. The molecule has 0 fully saturated rings. The van der Waals surface area contributed by atoms with Crippen LogP contribution < -0.4 is 10.6 Å². The van der Waals surface area contributed by atoms with Gasteiger partial charge in [-0.1, -0.05) is 15.9 Å². The van der Waals surface area contributed by atoms with E-state index >= 15 is 0 Å². The van der Waals surface area contributed by atoms with Crippen molar-refractivity contribution in [1.82, 2.24) is 9.97 Å². The Balaban J connectivity index is 1.95. The average Bonchev–Trinajstić information content (AvgIpc) is 2.44.